The summed E-state index contributed by atoms with van der Waals surface area (Å²) in [5.74, 6) is 0.791. The molecule has 112 valence electrons. The van der Waals surface area contributed by atoms with Crippen LogP contribution in [-0.4, -0.2) is 31.0 Å². The molecule has 21 heavy (non-hydrogen) atoms. The zero-order valence-electron chi connectivity index (χ0n) is 12.4. The highest BCUT2D eigenvalue weighted by Gasteiger charge is 2.14. The highest BCUT2D eigenvalue weighted by molar-refractivity contribution is 7.14. The first-order valence-corrected chi connectivity index (χ1v) is 7.87. The number of ether oxygens (including phenoxy) is 1. The molecule has 0 aliphatic carbocycles. The SMILES string of the molecule is Cc1cc(C(=O)N(C)CCOc2ccc(Cl)cc2)sc1C. The zero-order chi connectivity index (χ0) is 15.4. The quantitative estimate of drug-likeness (QED) is 0.826. The maximum absolute atomic E-state index is 12.3. The normalized spacial score (nSPS) is 10.5. The fourth-order valence-corrected chi connectivity index (χ4v) is 2.95. The molecule has 2 aromatic rings. The van der Waals surface area contributed by atoms with Crippen molar-refractivity contribution in [3.8, 4) is 5.75 Å². The number of amides is 1. The second-order valence-electron chi connectivity index (χ2n) is 4.88. The molecule has 0 bridgehead atoms. The van der Waals surface area contributed by atoms with Gasteiger partial charge in [0.2, 0.25) is 0 Å². The Morgan fingerprint density at radius 2 is 1.95 bits per heavy atom. The fraction of sp³-hybridized carbons (Fsp3) is 0.312. The summed E-state index contributed by atoms with van der Waals surface area (Å²) in [6.07, 6.45) is 0. The summed E-state index contributed by atoms with van der Waals surface area (Å²) in [6.45, 7) is 5.04. The zero-order valence-corrected chi connectivity index (χ0v) is 13.9. The van der Waals surface area contributed by atoms with Gasteiger partial charge in [-0.2, -0.15) is 0 Å². The average molecular weight is 324 g/mol. The molecule has 0 aliphatic heterocycles. The van der Waals surface area contributed by atoms with Gasteiger partial charge in [-0.1, -0.05) is 11.6 Å². The minimum atomic E-state index is 0.0379. The Morgan fingerprint density at radius 3 is 2.52 bits per heavy atom. The van der Waals surface area contributed by atoms with Gasteiger partial charge in [-0.15, -0.1) is 11.3 Å². The molecule has 1 aromatic carbocycles. The Labute approximate surface area is 134 Å². The first kappa shape index (κ1) is 15.9. The van der Waals surface area contributed by atoms with Crippen LogP contribution in [0.1, 0.15) is 20.1 Å². The molecule has 0 saturated heterocycles. The lowest BCUT2D eigenvalue weighted by molar-refractivity contribution is 0.0778. The molecule has 0 radical (unpaired) electrons. The number of nitrogens with zero attached hydrogens (tertiary/aromatic N) is 1. The molecule has 0 aliphatic rings. The number of carbonyl (C=O) groups is 1. The first-order chi connectivity index (χ1) is 9.97. The van der Waals surface area contributed by atoms with E-state index in [1.807, 2.05) is 32.0 Å². The Bertz CT molecular complexity index is 602. The Kier molecular flexibility index (Phi) is 5.26. The first-order valence-electron chi connectivity index (χ1n) is 6.68. The summed E-state index contributed by atoms with van der Waals surface area (Å²) in [4.78, 5) is 15.9. The van der Waals surface area contributed by atoms with Gasteiger partial charge < -0.3 is 9.64 Å². The largest absolute Gasteiger partial charge is 0.492 e. The standard InChI is InChI=1S/C16H18ClNO2S/c1-11-10-15(21-12(11)2)16(19)18(3)8-9-20-14-6-4-13(17)5-7-14/h4-7,10H,8-9H2,1-3H3. The molecule has 5 heteroatoms. The Hall–Kier alpha value is -1.52. The van der Waals surface area contributed by atoms with Crippen LogP contribution < -0.4 is 4.74 Å². The van der Waals surface area contributed by atoms with E-state index in [-0.39, 0.29) is 5.91 Å². The molecule has 1 heterocycles. The van der Waals surface area contributed by atoms with Crippen LogP contribution in [-0.2, 0) is 0 Å². The number of hydrogen-bond donors (Lipinski definition) is 0. The number of thiophene rings is 1. The molecule has 0 N–H and O–H groups in total. The molecule has 2 rings (SSSR count). The second kappa shape index (κ2) is 6.96. The van der Waals surface area contributed by atoms with E-state index in [4.69, 9.17) is 16.3 Å². The summed E-state index contributed by atoms with van der Waals surface area (Å²) in [6, 6.07) is 9.14. The van der Waals surface area contributed by atoms with Gasteiger partial charge in [0.25, 0.3) is 5.91 Å². The van der Waals surface area contributed by atoms with E-state index >= 15 is 0 Å². The van der Waals surface area contributed by atoms with Gasteiger partial charge in [-0.3, -0.25) is 4.79 Å². The van der Waals surface area contributed by atoms with Crippen molar-refractivity contribution in [3.63, 3.8) is 0 Å². The van der Waals surface area contributed by atoms with Crippen molar-refractivity contribution < 1.29 is 9.53 Å². The monoisotopic (exact) mass is 323 g/mol. The molecule has 0 unspecified atom stereocenters. The predicted octanol–water partition coefficient (Wildman–Crippen LogP) is 4.17. The van der Waals surface area contributed by atoms with Crippen LogP contribution in [0, 0.1) is 13.8 Å². The number of likely N-dealkylation sites (N-methyl/N-ethyl adjacent to an activating group) is 1. The van der Waals surface area contributed by atoms with Crippen LogP contribution in [0.25, 0.3) is 0 Å². The minimum absolute atomic E-state index is 0.0379. The van der Waals surface area contributed by atoms with Crippen molar-refractivity contribution in [2.75, 3.05) is 20.2 Å². The molecule has 0 atom stereocenters. The van der Waals surface area contributed by atoms with Gasteiger partial charge in [0, 0.05) is 16.9 Å². The van der Waals surface area contributed by atoms with E-state index in [1.54, 1.807) is 24.1 Å². The van der Waals surface area contributed by atoms with Crippen molar-refractivity contribution in [1.82, 2.24) is 4.90 Å². The molecule has 0 spiro atoms. The van der Waals surface area contributed by atoms with E-state index in [2.05, 4.69) is 0 Å². The molecule has 0 saturated carbocycles. The molecule has 3 nitrogen and oxygen atoms in total. The number of carbonyl (C=O) groups excluding carboxylic acids is 1. The number of rotatable bonds is 5. The van der Waals surface area contributed by atoms with Gasteiger partial charge in [0.1, 0.15) is 12.4 Å². The molecular formula is C16H18ClNO2S. The number of benzene rings is 1. The molecular weight excluding hydrogens is 306 g/mol. The van der Waals surface area contributed by atoms with Crippen LogP contribution in [0.5, 0.6) is 5.75 Å². The Balaban J connectivity index is 1.85. The van der Waals surface area contributed by atoms with Gasteiger partial charge >= 0.3 is 0 Å². The van der Waals surface area contributed by atoms with Gasteiger partial charge in [-0.05, 0) is 49.7 Å². The van der Waals surface area contributed by atoms with E-state index in [0.717, 1.165) is 16.2 Å². The maximum atomic E-state index is 12.3. The predicted molar refractivity (Wildman–Crippen MR) is 87.7 cm³/mol. The number of aryl methyl sites for hydroxylation is 2. The van der Waals surface area contributed by atoms with Crippen LogP contribution in [0.2, 0.25) is 5.02 Å². The van der Waals surface area contributed by atoms with E-state index in [1.165, 1.54) is 16.2 Å². The van der Waals surface area contributed by atoms with Crippen molar-refractivity contribution in [1.29, 1.82) is 0 Å². The molecule has 1 amide bonds. The summed E-state index contributed by atoms with van der Waals surface area (Å²) in [7, 11) is 1.79. The summed E-state index contributed by atoms with van der Waals surface area (Å²) >= 11 is 7.35. The van der Waals surface area contributed by atoms with Crippen LogP contribution in [0.3, 0.4) is 0 Å². The van der Waals surface area contributed by atoms with Crippen LogP contribution in [0.4, 0.5) is 0 Å². The summed E-state index contributed by atoms with van der Waals surface area (Å²) in [5, 5.41) is 0.679. The third kappa shape index (κ3) is 4.22. The molecule has 1 aromatic heterocycles. The Morgan fingerprint density at radius 1 is 1.29 bits per heavy atom. The fourth-order valence-electron chi connectivity index (χ4n) is 1.80. The van der Waals surface area contributed by atoms with Gasteiger partial charge in [-0.25, -0.2) is 0 Å². The number of halogens is 1. The highest BCUT2D eigenvalue weighted by atomic mass is 35.5. The number of hydrogen-bond acceptors (Lipinski definition) is 3. The van der Waals surface area contributed by atoms with E-state index in [9.17, 15) is 4.79 Å². The topological polar surface area (TPSA) is 29.5 Å². The third-order valence-electron chi connectivity index (χ3n) is 3.23. The van der Waals surface area contributed by atoms with Gasteiger partial charge in [0.05, 0.1) is 11.4 Å². The third-order valence-corrected chi connectivity index (χ3v) is 4.63. The highest BCUT2D eigenvalue weighted by Crippen LogP contribution is 2.21. The van der Waals surface area contributed by atoms with Crippen molar-refractivity contribution >= 4 is 28.8 Å². The lowest BCUT2D eigenvalue weighted by Gasteiger charge is -2.16. The smallest absolute Gasteiger partial charge is 0.263 e. The molecule has 0 fully saturated rings. The van der Waals surface area contributed by atoms with Gasteiger partial charge in [0.15, 0.2) is 0 Å². The van der Waals surface area contributed by atoms with Crippen molar-refractivity contribution in [2.24, 2.45) is 0 Å². The summed E-state index contributed by atoms with van der Waals surface area (Å²) < 4.78 is 5.60. The van der Waals surface area contributed by atoms with Crippen LogP contribution in [0.15, 0.2) is 30.3 Å². The van der Waals surface area contributed by atoms with Crippen molar-refractivity contribution in [3.05, 3.63) is 50.7 Å². The van der Waals surface area contributed by atoms with Crippen molar-refractivity contribution in [2.45, 2.75) is 13.8 Å². The lowest BCUT2D eigenvalue weighted by atomic mass is 10.3. The lowest BCUT2D eigenvalue weighted by Crippen LogP contribution is -2.30. The van der Waals surface area contributed by atoms with Crippen LogP contribution >= 0.6 is 22.9 Å². The van der Waals surface area contributed by atoms with E-state index < -0.39 is 0 Å². The second-order valence-corrected chi connectivity index (χ2v) is 6.57. The maximum Gasteiger partial charge on any atom is 0.263 e. The average Bonchev–Trinajstić information content (AvgIpc) is 2.80. The van der Waals surface area contributed by atoms with E-state index in [0.29, 0.717) is 18.2 Å². The summed E-state index contributed by atoms with van der Waals surface area (Å²) in [5.41, 5.74) is 1.16. The minimum Gasteiger partial charge on any atom is -0.492 e.